The van der Waals surface area contributed by atoms with Crippen LogP contribution in [-0.4, -0.2) is 20.4 Å². The van der Waals surface area contributed by atoms with Gasteiger partial charge in [-0.15, -0.1) is 22.9 Å². The van der Waals surface area contributed by atoms with Gasteiger partial charge in [0.25, 0.3) is 5.91 Å². The fourth-order valence-electron chi connectivity index (χ4n) is 1.12. The molecule has 0 unspecified atom stereocenters. The molecule has 0 aromatic carbocycles. The summed E-state index contributed by atoms with van der Waals surface area (Å²) in [7, 11) is 1.80. The molecule has 2 rings (SSSR count). The highest BCUT2D eigenvalue weighted by Gasteiger charge is 2.10. The molecular formula is C9H9ClN4OS. The average Bonchev–Trinajstić information content (AvgIpc) is 2.87. The molecule has 0 bridgehead atoms. The van der Waals surface area contributed by atoms with E-state index in [-0.39, 0.29) is 5.91 Å². The van der Waals surface area contributed by atoms with Crippen molar-refractivity contribution in [2.75, 3.05) is 5.32 Å². The molecule has 5 nitrogen and oxygen atoms in total. The number of nitrogens with one attached hydrogen (secondary N) is 1. The van der Waals surface area contributed by atoms with E-state index in [1.807, 2.05) is 0 Å². The maximum atomic E-state index is 11.7. The molecule has 2 heterocycles. The van der Waals surface area contributed by atoms with E-state index in [0.717, 1.165) is 5.69 Å². The highest BCUT2D eigenvalue weighted by atomic mass is 35.5. The molecule has 0 aliphatic heterocycles. The number of amides is 1. The molecule has 1 N–H and O–H groups in total. The molecule has 16 heavy (non-hydrogen) atoms. The van der Waals surface area contributed by atoms with Gasteiger partial charge >= 0.3 is 0 Å². The first-order valence-corrected chi connectivity index (χ1v) is 5.90. The summed E-state index contributed by atoms with van der Waals surface area (Å²) in [6.07, 6.45) is 3.21. The van der Waals surface area contributed by atoms with Crippen molar-refractivity contribution in [3.8, 4) is 0 Å². The van der Waals surface area contributed by atoms with Gasteiger partial charge in [0.05, 0.1) is 17.9 Å². The number of hydrogen-bond donors (Lipinski definition) is 1. The van der Waals surface area contributed by atoms with E-state index in [2.05, 4.69) is 15.3 Å². The molecule has 7 heteroatoms. The molecular weight excluding hydrogens is 248 g/mol. The van der Waals surface area contributed by atoms with Gasteiger partial charge in [-0.2, -0.15) is 0 Å². The standard InChI is InChI=1S/C9H9ClN4OS/c1-14-3-7(11-5-14)8(15)13-9-12-6(2-10)4-16-9/h3-5H,2H2,1H3,(H,12,13,15). The van der Waals surface area contributed by atoms with Crippen LogP contribution in [0.15, 0.2) is 17.9 Å². The number of anilines is 1. The topological polar surface area (TPSA) is 59.8 Å². The van der Waals surface area contributed by atoms with Gasteiger partial charge in [0.1, 0.15) is 5.69 Å². The van der Waals surface area contributed by atoms with Crippen LogP contribution >= 0.6 is 22.9 Å². The Bertz CT molecular complexity index is 507. The summed E-state index contributed by atoms with van der Waals surface area (Å²) in [4.78, 5) is 19.7. The average molecular weight is 257 g/mol. The third-order valence-electron chi connectivity index (χ3n) is 1.85. The second-order valence-electron chi connectivity index (χ2n) is 3.16. The third-order valence-corrected chi connectivity index (χ3v) is 2.93. The summed E-state index contributed by atoms with van der Waals surface area (Å²) < 4.78 is 1.71. The Labute approximate surface area is 101 Å². The monoisotopic (exact) mass is 256 g/mol. The van der Waals surface area contributed by atoms with E-state index >= 15 is 0 Å². The van der Waals surface area contributed by atoms with Crippen molar-refractivity contribution in [1.29, 1.82) is 0 Å². The Kier molecular flexibility index (Phi) is 3.21. The molecule has 0 atom stereocenters. The molecule has 0 saturated carbocycles. The van der Waals surface area contributed by atoms with Gasteiger partial charge in [0.15, 0.2) is 5.13 Å². The molecule has 0 aliphatic rings. The highest BCUT2D eigenvalue weighted by Crippen LogP contribution is 2.17. The van der Waals surface area contributed by atoms with Crippen LogP contribution in [0.25, 0.3) is 0 Å². The minimum Gasteiger partial charge on any atom is -0.340 e. The van der Waals surface area contributed by atoms with Crippen molar-refractivity contribution in [3.63, 3.8) is 0 Å². The normalized spacial score (nSPS) is 10.4. The zero-order valence-electron chi connectivity index (χ0n) is 8.48. The van der Waals surface area contributed by atoms with Gasteiger partial charge in [0.2, 0.25) is 0 Å². The zero-order valence-corrected chi connectivity index (χ0v) is 10.0. The van der Waals surface area contributed by atoms with Crippen LogP contribution < -0.4 is 5.32 Å². The van der Waals surface area contributed by atoms with Gasteiger partial charge in [-0.05, 0) is 0 Å². The van der Waals surface area contributed by atoms with Crippen molar-refractivity contribution in [3.05, 3.63) is 29.3 Å². The van der Waals surface area contributed by atoms with Gasteiger partial charge in [-0.1, -0.05) is 0 Å². The number of aryl methyl sites for hydroxylation is 1. The summed E-state index contributed by atoms with van der Waals surface area (Å²) in [6, 6.07) is 0. The number of nitrogens with zero attached hydrogens (tertiary/aromatic N) is 3. The summed E-state index contributed by atoms with van der Waals surface area (Å²) in [6.45, 7) is 0. The van der Waals surface area contributed by atoms with E-state index in [9.17, 15) is 4.79 Å². The highest BCUT2D eigenvalue weighted by molar-refractivity contribution is 7.14. The minimum absolute atomic E-state index is 0.268. The number of carbonyl (C=O) groups excluding carboxylic acids is 1. The predicted molar refractivity (Wildman–Crippen MR) is 62.8 cm³/mol. The molecule has 2 aromatic heterocycles. The van der Waals surface area contributed by atoms with Crippen LogP contribution in [-0.2, 0) is 12.9 Å². The van der Waals surface area contributed by atoms with E-state index in [1.165, 1.54) is 11.3 Å². The van der Waals surface area contributed by atoms with Crippen LogP contribution in [0.2, 0.25) is 0 Å². The first kappa shape index (κ1) is 11.1. The Morgan fingerprint density at radius 3 is 3.06 bits per heavy atom. The number of imidazole rings is 1. The smallest absolute Gasteiger partial charge is 0.277 e. The van der Waals surface area contributed by atoms with Crippen molar-refractivity contribution >= 4 is 34.0 Å². The van der Waals surface area contributed by atoms with E-state index < -0.39 is 0 Å². The fourth-order valence-corrected chi connectivity index (χ4v) is 2.05. The molecule has 0 saturated heterocycles. The summed E-state index contributed by atoms with van der Waals surface area (Å²) in [5.74, 6) is 0.0757. The van der Waals surface area contributed by atoms with Crippen LogP contribution in [0, 0.1) is 0 Å². The molecule has 84 valence electrons. The van der Waals surface area contributed by atoms with Crippen molar-refractivity contribution < 1.29 is 4.79 Å². The number of halogens is 1. The summed E-state index contributed by atoms with van der Waals surface area (Å²) in [5, 5.41) is 5.00. The first-order chi connectivity index (χ1) is 7.69. The molecule has 0 fully saturated rings. The Balaban J connectivity index is 2.07. The second-order valence-corrected chi connectivity index (χ2v) is 4.28. The van der Waals surface area contributed by atoms with E-state index in [1.54, 1.807) is 29.5 Å². The Morgan fingerprint density at radius 2 is 2.50 bits per heavy atom. The third kappa shape index (κ3) is 2.40. The lowest BCUT2D eigenvalue weighted by molar-refractivity contribution is 0.102. The lowest BCUT2D eigenvalue weighted by atomic mass is 10.4. The van der Waals surface area contributed by atoms with Crippen LogP contribution in [0.3, 0.4) is 0 Å². The summed E-state index contributed by atoms with van der Waals surface area (Å²) in [5.41, 5.74) is 1.12. The lowest BCUT2D eigenvalue weighted by Crippen LogP contribution is -2.12. The number of aromatic nitrogens is 3. The largest absolute Gasteiger partial charge is 0.340 e. The number of thiazole rings is 1. The van der Waals surface area contributed by atoms with Crippen molar-refractivity contribution in [2.45, 2.75) is 5.88 Å². The van der Waals surface area contributed by atoms with Crippen LogP contribution in [0.5, 0.6) is 0 Å². The van der Waals surface area contributed by atoms with Crippen LogP contribution in [0.1, 0.15) is 16.2 Å². The van der Waals surface area contributed by atoms with Gasteiger partial charge in [-0.25, -0.2) is 9.97 Å². The molecule has 0 radical (unpaired) electrons. The second kappa shape index (κ2) is 4.63. The Hall–Kier alpha value is -1.40. The fraction of sp³-hybridized carbons (Fsp3) is 0.222. The quantitative estimate of drug-likeness (QED) is 0.853. The first-order valence-electron chi connectivity index (χ1n) is 4.48. The number of carbonyl (C=O) groups is 1. The van der Waals surface area contributed by atoms with E-state index in [0.29, 0.717) is 16.7 Å². The minimum atomic E-state index is -0.268. The zero-order chi connectivity index (χ0) is 11.5. The number of alkyl halides is 1. The van der Waals surface area contributed by atoms with E-state index in [4.69, 9.17) is 11.6 Å². The predicted octanol–water partition coefficient (Wildman–Crippen LogP) is 1.87. The summed E-state index contributed by atoms with van der Waals surface area (Å²) >= 11 is 6.95. The van der Waals surface area contributed by atoms with Crippen molar-refractivity contribution in [2.24, 2.45) is 7.05 Å². The Morgan fingerprint density at radius 1 is 1.69 bits per heavy atom. The molecule has 0 aliphatic carbocycles. The SMILES string of the molecule is Cn1cnc(C(=O)Nc2nc(CCl)cs2)c1. The van der Waals surface area contributed by atoms with Crippen molar-refractivity contribution in [1.82, 2.24) is 14.5 Å². The van der Waals surface area contributed by atoms with Crippen LogP contribution in [0.4, 0.5) is 5.13 Å². The van der Waals surface area contributed by atoms with Gasteiger partial charge in [-0.3, -0.25) is 10.1 Å². The molecule has 1 amide bonds. The molecule has 2 aromatic rings. The lowest BCUT2D eigenvalue weighted by Gasteiger charge is -1.96. The maximum Gasteiger partial charge on any atom is 0.277 e. The maximum absolute atomic E-state index is 11.7. The van der Waals surface area contributed by atoms with Gasteiger partial charge in [0, 0.05) is 18.6 Å². The van der Waals surface area contributed by atoms with Gasteiger partial charge < -0.3 is 4.57 Å². The molecule has 0 spiro atoms. The number of hydrogen-bond acceptors (Lipinski definition) is 4. The number of rotatable bonds is 3.